The van der Waals surface area contributed by atoms with Gasteiger partial charge in [0, 0.05) is 6.04 Å². The molecule has 104 valence electrons. The Hall–Kier alpha value is -0.860. The molecule has 0 aromatic heterocycles. The van der Waals surface area contributed by atoms with Gasteiger partial charge in [-0.15, -0.1) is 0 Å². The Kier molecular flexibility index (Phi) is 3.90. The molecule has 2 aliphatic rings. The number of hydrogen-bond donors (Lipinski definition) is 2. The van der Waals surface area contributed by atoms with Crippen molar-refractivity contribution < 1.29 is 5.11 Å². The van der Waals surface area contributed by atoms with E-state index in [2.05, 4.69) is 29.6 Å². The fourth-order valence-corrected chi connectivity index (χ4v) is 3.92. The maximum atomic E-state index is 10.1. The van der Waals surface area contributed by atoms with E-state index in [0.717, 1.165) is 12.8 Å². The first kappa shape index (κ1) is 13.1. The number of aliphatic hydroxyl groups is 1. The van der Waals surface area contributed by atoms with E-state index in [0.29, 0.717) is 6.04 Å². The standard InChI is InChI=1S/C17H25NO/c19-13-17(18-15-9-2-1-3-10-15)12-6-8-14-7-4-5-11-16(14)17/h4-5,7,11,15,18-19H,1-3,6,8-10,12-13H2. The van der Waals surface area contributed by atoms with Crippen molar-refractivity contribution in [2.75, 3.05) is 6.61 Å². The summed E-state index contributed by atoms with van der Waals surface area (Å²) >= 11 is 0. The molecule has 19 heavy (non-hydrogen) atoms. The van der Waals surface area contributed by atoms with Gasteiger partial charge >= 0.3 is 0 Å². The van der Waals surface area contributed by atoms with Crippen LogP contribution in [-0.4, -0.2) is 17.8 Å². The van der Waals surface area contributed by atoms with Gasteiger partial charge in [-0.2, -0.15) is 0 Å². The van der Waals surface area contributed by atoms with Crippen LogP contribution >= 0.6 is 0 Å². The third-order valence-corrected chi connectivity index (χ3v) is 4.94. The van der Waals surface area contributed by atoms with Gasteiger partial charge in [-0.1, -0.05) is 43.5 Å². The van der Waals surface area contributed by atoms with Crippen LogP contribution in [0.1, 0.15) is 56.1 Å². The molecule has 0 spiro atoms. The van der Waals surface area contributed by atoms with Gasteiger partial charge in [0.15, 0.2) is 0 Å². The van der Waals surface area contributed by atoms with Crippen LogP contribution in [0.15, 0.2) is 24.3 Å². The summed E-state index contributed by atoms with van der Waals surface area (Å²) in [6, 6.07) is 9.25. The molecule has 0 amide bonds. The van der Waals surface area contributed by atoms with Crippen molar-refractivity contribution in [2.24, 2.45) is 0 Å². The van der Waals surface area contributed by atoms with E-state index in [4.69, 9.17) is 0 Å². The van der Waals surface area contributed by atoms with Crippen molar-refractivity contribution in [1.29, 1.82) is 0 Å². The molecule has 2 aliphatic carbocycles. The molecule has 0 saturated heterocycles. The number of aryl methyl sites for hydroxylation is 1. The number of nitrogens with one attached hydrogen (secondary N) is 1. The van der Waals surface area contributed by atoms with Gasteiger partial charge in [0.2, 0.25) is 0 Å². The highest BCUT2D eigenvalue weighted by atomic mass is 16.3. The minimum absolute atomic E-state index is 0.184. The smallest absolute Gasteiger partial charge is 0.0674 e. The van der Waals surface area contributed by atoms with E-state index in [1.165, 1.54) is 49.7 Å². The molecule has 0 bridgehead atoms. The molecule has 2 heteroatoms. The number of hydrogen-bond acceptors (Lipinski definition) is 2. The molecular formula is C17H25NO. The first-order chi connectivity index (χ1) is 9.34. The van der Waals surface area contributed by atoms with Crippen LogP contribution in [0.25, 0.3) is 0 Å². The van der Waals surface area contributed by atoms with Crippen molar-refractivity contribution in [3.05, 3.63) is 35.4 Å². The van der Waals surface area contributed by atoms with Crippen LogP contribution in [0.4, 0.5) is 0 Å². The number of aliphatic hydroxyl groups excluding tert-OH is 1. The highest BCUT2D eigenvalue weighted by molar-refractivity contribution is 5.36. The lowest BCUT2D eigenvalue weighted by Crippen LogP contribution is -2.52. The van der Waals surface area contributed by atoms with Crippen LogP contribution in [0.3, 0.4) is 0 Å². The number of fused-ring (bicyclic) bond motifs is 1. The molecule has 3 rings (SSSR count). The van der Waals surface area contributed by atoms with E-state index in [1.54, 1.807) is 0 Å². The summed E-state index contributed by atoms with van der Waals surface area (Å²) in [7, 11) is 0. The van der Waals surface area contributed by atoms with E-state index in [1.807, 2.05) is 0 Å². The van der Waals surface area contributed by atoms with Crippen LogP contribution in [0.2, 0.25) is 0 Å². The molecular weight excluding hydrogens is 234 g/mol. The minimum atomic E-state index is -0.184. The Balaban J connectivity index is 1.86. The summed E-state index contributed by atoms with van der Waals surface area (Å²) in [5, 5.41) is 13.9. The van der Waals surface area contributed by atoms with E-state index >= 15 is 0 Å². The zero-order chi connectivity index (χ0) is 13.1. The van der Waals surface area contributed by atoms with Crippen molar-refractivity contribution in [3.8, 4) is 0 Å². The lowest BCUT2D eigenvalue weighted by molar-refractivity contribution is 0.119. The summed E-state index contributed by atoms with van der Waals surface area (Å²) in [6.45, 7) is 0.223. The second-order valence-electron chi connectivity index (χ2n) is 6.23. The molecule has 1 aromatic carbocycles. The Morgan fingerprint density at radius 1 is 1.11 bits per heavy atom. The van der Waals surface area contributed by atoms with Crippen LogP contribution < -0.4 is 5.32 Å². The molecule has 1 unspecified atom stereocenters. The van der Waals surface area contributed by atoms with E-state index in [9.17, 15) is 5.11 Å². The van der Waals surface area contributed by atoms with Gasteiger partial charge in [-0.25, -0.2) is 0 Å². The van der Waals surface area contributed by atoms with Gasteiger partial charge in [0.25, 0.3) is 0 Å². The Labute approximate surface area is 116 Å². The molecule has 0 aliphatic heterocycles. The Morgan fingerprint density at radius 2 is 1.89 bits per heavy atom. The van der Waals surface area contributed by atoms with Crippen molar-refractivity contribution in [3.63, 3.8) is 0 Å². The van der Waals surface area contributed by atoms with E-state index < -0.39 is 0 Å². The second kappa shape index (κ2) is 5.64. The Morgan fingerprint density at radius 3 is 2.68 bits per heavy atom. The fraction of sp³-hybridized carbons (Fsp3) is 0.647. The average molecular weight is 259 g/mol. The van der Waals surface area contributed by atoms with Gasteiger partial charge in [-0.05, 0) is 43.2 Å². The third kappa shape index (κ3) is 2.56. The highest BCUT2D eigenvalue weighted by Gasteiger charge is 2.37. The molecule has 0 heterocycles. The van der Waals surface area contributed by atoms with Crippen molar-refractivity contribution >= 4 is 0 Å². The second-order valence-corrected chi connectivity index (χ2v) is 6.23. The van der Waals surface area contributed by atoms with Crippen LogP contribution in [0.5, 0.6) is 0 Å². The zero-order valence-electron chi connectivity index (χ0n) is 11.7. The summed E-state index contributed by atoms with van der Waals surface area (Å²) in [5.74, 6) is 0. The number of rotatable bonds is 3. The first-order valence-corrected chi connectivity index (χ1v) is 7.81. The first-order valence-electron chi connectivity index (χ1n) is 7.81. The SMILES string of the molecule is OCC1(NC2CCCCC2)CCCc2ccccc21. The minimum Gasteiger partial charge on any atom is -0.394 e. The monoisotopic (exact) mass is 259 g/mol. The van der Waals surface area contributed by atoms with Crippen molar-refractivity contribution in [2.45, 2.75) is 62.9 Å². The summed E-state index contributed by atoms with van der Waals surface area (Å²) in [5.41, 5.74) is 2.58. The summed E-state index contributed by atoms with van der Waals surface area (Å²) < 4.78 is 0. The molecule has 1 aromatic rings. The van der Waals surface area contributed by atoms with Gasteiger partial charge in [0.05, 0.1) is 12.1 Å². The maximum Gasteiger partial charge on any atom is 0.0674 e. The van der Waals surface area contributed by atoms with Crippen LogP contribution in [-0.2, 0) is 12.0 Å². The lowest BCUT2D eigenvalue weighted by Gasteiger charge is -2.42. The Bertz CT molecular complexity index is 425. The third-order valence-electron chi connectivity index (χ3n) is 4.94. The topological polar surface area (TPSA) is 32.3 Å². The fourth-order valence-electron chi connectivity index (χ4n) is 3.92. The highest BCUT2D eigenvalue weighted by Crippen LogP contribution is 2.36. The molecule has 2 N–H and O–H groups in total. The number of benzene rings is 1. The summed E-state index contributed by atoms with van der Waals surface area (Å²) in [4.78, 5) is 0. The molecule has 0 radical (unpaired) electrons. The molecule has 2 nitrogen and oxygen atoms in total. The largest absolute Gasteiger partial charge is 0.394 e. The predicted molar refractivity (Wildman–Crippen MR) is 78.2 cm³/mol. The lowest BCUT2D eigenvalue weighted by atomic mass is 9.76. The zero-order valence-corrected chi connectivity index (χ0v) is 11.7. The van der Waals surface area contributed by atoms with E-state index in [-0.39, 0.29) is 12.1 Å². The summed E-state index contributed by atoms with van der Waals surface area (Å²) in [6.07, 6.45) is 9.98. The predicted octanol–water partition coefficient (Wildman–Crippen LogP) is 3.13. The molecule has 1 fully saturated rings. The van der Waals surface area contributed by atoms with Gasteiger partial charge < -0.3 is 10.4 Å². The average Bonchev–Trinajstić information content (AvgIpc) is 2.49. The van der Waals surface area contributed by atoms with Gasteiger partial charge in [0.1, 0.15) is 0 Å². The maximum absolute atomic E-state index is 10.1. The molecule has 1 saturated carbocycles. The normalized spacial score (nSPS) is 28.1. The van der Waals surface area contributed by atoms with Gasteiger partial charge in [-0.3, -0.25) is 0 Å². The quantitative estimate of drug-likeness (QED) is 0.874. The van der Waals surface area contributed by atoms with Crippen LogP contribution in [0, 0.1) is 0 Å². The van der Waals surface area contributed by atoms with Crippen molar-refractivity contribution in [1.82, 2.24) is 5.32 Å². The molecule has 1 atom stereocenters.